The van der Waals surface area contributed by atoms with Crippen molar-refractivity contribution in [3.05, 3.63) is 29.8 Å². The molecule has 2 atom stereocenters. The molecular formula is C19H25F3O5. The highest BCUT2D eigenvalue weighted by Crippen LogP contribution is 2.34. The average Bonchev–Trinajstić information content (AvgIpc) is 2.52. The third-order valence-electron chi connectivity index (χ3n) is 4.18. The third kappa shape index (κ3) is 6.45. The highest BCUT2D eigenvalue weighted by Gasteiger charge is 2.52. The Morgan fingerprint density at radius 2 is 1.63 bits per heavy atom. The van der Waals surface area contributed by atoms with Crippen molar-refractivity contribution in [3.63, 3.8) is 0 Å². The predicted molar refractivity (Wildman–Crippen MR) is 92.7 cm³/mol. The first-order chi connectivity index (χ1) is 12.3. The van der Waals surface area contributed by atoms with Crippen LogP contribution in [0.2, 0.25) is 0 Å². The number of hydrogen-bond donors (Lipinski definition) is 1. The van der Waals surface area contributed by atoms with Crippen molar-refractivity contribution in [3.8, 4) is 5.75 Å². The predicted octanol–water partition coefficient (Wildman–Crippen LogP) is 4.70. The fourth-order valence-electron chi connectivity index (χ4n) is 2.30. The maximum absolute atomic E-state index is 13.1. The quantitative estimate of drug-likeness (QED) is 0.652. The Kier molecular flexibility index (Phi) is 7.28. The topological polar surface area (TPSA) is 72.8 Å². The number of carbonyl (C=O) groups is 2. The van der Waals surface area contributed by atoms with Crippen LogP contribution >= 0.6 is 0 Å². The smallest absolute Gasteiger partial charge is 0.405 e. The van der Waals surface area contributed by atoms with Gasteiger partial charge in [-0.25, -0.2) is 4.79 Å². The van der Waals surface area contributed by atoms with Gasteiger partial charge in [-0.1, -0.05) is 20.8 Å². The number of alkyl halides is 3. The summed E-state index contributed by atoms with van der Waals surface area (Å²) in [5.41, 5.74) is -0.403. The van der Waals surface area contributed by atoms with Crippen molar-refractivity contribution in [1.29, 1.82) is 0 Å². The van der Waals surface area contributed by atoms with Gasteiger partial charge in [-0.15, -0.1) is 0 Å². The van der Waals surface area contributed by atoms with Crippen molar-refractivity contribution in [2.45, 2.75) is 58.9 Å². The summed E-state index contributed by atoms with van der Waals surface area (Å²) >= 11 is 0. The Morgan fingerprint density at radius 1 is 1.11 bits per heavy atom. The van der Waals surface area contributed by atoms with Gasteiger partial charge in [0.05, 0.1) is 5.56 Å². The molecule has 0 aromatic heterocycles. The average molecular weight is 390 g/mol. The highest BCUT2D eigenvalue weighted by molar-refractivity contribution is 5.90. The van der Waals surface area contributed by atoms with Crippen molar-refractivity contribution in [2.24, 2.45) is 11.8 Å². The van der Waals surface area contributed by atoms with Gasteiger partial charge < -0.3 is 14.6 Å². The minimum Gasteiger partial charge on any atom is -0.488 e. The molecule has 0 saturated heterocycles. The van der Waals surface area contributed by atoms with Crippen LogP contribution in [0, 0.1) is 11.8 Å². The van der Waals surface area contributed by atoms with Crippen LogP contribution in [0.25, 0.3) is 0 Å². The largest absolute Gasteiger partial charge is 0.488 e. The maximum atomic E-state index is 13.1. The van der Waals surface area contributed by atoms with Crippen molar-refractivity contribution < 1.29 is 37.3 Å². The Morgan fingerprint density at radius 3 is 2.00 bits per heavy atom. The van der Waals surface area contributed by atoms with Crippen molar-refractivity contribution >= 4 is 11.9 Å². The van der Waals surface area contributed by atoms with E-state index in [0.717, 1.165) is 6.42 Å². The molecule has 0 saturated carbocycles. The number of ether oxygens (including phenoxy) is 2. The molecule has 0 radical (unpaired) electrons. The van der Waals surface area contributed by atoms with Crippen LogP contribution in [0.5, 0.6) is 5.75 Å². The highest BCUT2D eigenvalue weighted by atomic mass is 19.4. The maximum Gasteiger partial charge on any atom is 0.405 e. The second kappa shape index (κ2) is 8.63. The number of aliphatic carboxylic acids is 1. The summed E-state index contributed by atoms with van der Waals surface area (Å²) in [5, 5.41) is 8.95. The summed E-state index contributed by atoms with van der Waals surface area (Å²) < 4.78 is 49.9. The van der Waals surface area contributed by atoms with Gasteiger partial charge in [0.15, 0.2) is 5.92 Å². The summed E-state index contributed by atoms with van der Waals surface area (Å²) in [6, 6.07) is 5.75. The third-order valence-corrected chi connectivity index (χ3v) is 4.18. The first kappa shape index (κ1) is 22.8. The lowest BCUT2D eigenvalue weighted by Gasteiger charge is -2.28. The van der Waals surface area contributed by atoms with E-state index in [1.54, 1.807) is 0 Å². The van der Waals surface area contributed by atoms with E-state index in [0.29, 0.717) is 5.75 Å². The standard InChI is InChI=1S/C19H25F3O5/c1-6-18(4,5)27-13-9-7-12(8-10-13)17(25)26-15(11(2)3)14(16(23)24)19(20,21)22/h7-11,14-15H,6H2,1-5H3,(H,23,24). The van der Waals surface area contributed by atoms with Crippen LogP contribution in [-0.4, -0.2) is 34.9 Å². The fraction of sp³-hybridized carbons (Fsp3) is 0.579. The van der Waals surface area contributed by atoms with E-state index in [1.807, 2.05) is 20.8 Å². The molecule has 0 aliphatic heterocycles. The minimum atomic E-state index is -5.04. The Hall–Kier alpha value is -2.25. The molecule has 0 heterocycles. The van der Waals surface area contributed by atoms with E-state index in [-0.39, 0.29) is 5.56 Å². The molecule has 0 amide bonds. The normalized spacial score (nSPS) is 14.6. The number of esters is 1. The van der Waals surface area contributed by atoms with Crippen LogP contribution in [0.1, 0.15) is 51.4 Å². The molecule has 27 heavy (non-hydrogen) atoms. The van der Waals surface area contributed by atoms with Crippen LogP contribution in [0.15, 0.2) is 24.3 Å². The Labute approximate surface area is 156 Å². The summed E-state index contributed by atoms with van der Waals surface area (Å²) in [7, 11) is 0. The zero-order valence-electron chi connectivity index (χ0n) is 16.0. The number of carboxylic acids is 1. The first-order valence-corrected chi connectivity index (χ1v) is 8.58. The lowest BCUT2D eigenvalue weighted by atomic mass is 9.92. The summed E-state index contributed by atoms with van der Waals surface area (Å²) in [6.07, 6.45) is -6.13. The van der Waals surface area contributed by atoms with Gasteiger partial charge in [0, 0.05) is 0 Å². The molecule has 0 spiro atoms. The second-order valence-electron chi connectivity index (χ2n) is 7.21. The molecule has 5 nitrogen and oxygen atoms in total. The summed E-state index contributed by atoms with van der Waals surface area (Å²) in [6.45, 7) is 8.47. The molecule has 2 unspecified atom stereocenters. The van der Waals surface area contributed by atoms with E-state index in [1.165, 1.54) is 38.1 Å². The molecule has 0 aliphatic carbocycles. The Balaban J connectivity index is 2.98. The van der Waals surface area contributed by atoms with Gasteiger partial charge in [0.1, 0.15) is 17.5 Å². The van der Waals surface area contributed by atoms with Crippen LogP contribution in [-0.2, 0) is 9.53 Å². The number of benzene rings is 1. The monoisotopic (exact) mass is 390 g/mol. The van der Waals surface area contributed by atoms with E-state index in [4.69, 9.17) is 14.6 Å². The van der Waals surface area contributed by atoms with Crippen molar-refractivity contribution in [1.82, 2.24) is 0 Å². The minimum absolute atomic E-state index is 0.00798. The van der Waals surface area contributed by atoms with Gasteiger partial charge >= 0.3 is 18.1 Å². The van der Waals surface area contributed by atoms with Gasteiger partial charge in [0.2, 0.25) is 0 Å². The van der Waals surface area contributed by atoms with Crippen LogP contribution in [0.4, 0.5) is 13.2 Å². The summed E-state index contributed by atoms with van der Waals surface area (Å²) in [4.78, 5) is 23.3. The fourth-order valence-corrected chi connectivity index (χ4v) is 2.30. The van der Waals surface area contributed by atoms with Crippen molar-refractivity contribution in [2.75, 3.05) is 0 Å². The first-order valence-electron chi connectivity index (χ1n) is 8.58. The molecule has 1 aromatic rings. The van der Waals surface area contributed by atoms with Gasteiger partial charge in [0.25, 0.3) is 0 Å². The zero-order chi connectivity index (χ0) is 21.0. The molecule has 8 heteroatoms. The molecule has 1 rings (SSSR count). The van der Waals surface area contributed by atoms with E-state index < -0.39 is 41.7 Å². The number of halogens is 3. The van der Waals surface area contributed by atoms with Gasteiger partial charge in [-0.3, -0.25) is 4.79 Å². The van der Waals surface area contributed by atoms with Crippen LogP contribution in [0.3, 0.4) is 0 Å². The number of carbonyl (C=O) groups excluding carboxylic acids is 1. The molecule has 0 fully saturated rings. The zero-order valence-corrected chi connectivity index (χ0v) is 16.0. The van der Waals surface area contributed by atoms with E-state index >= 15 is 0 Å². The van der Waals surface area contributed by atoms with Gasteiger partial charge in [-0.2, -0.15) is 13.2 Å². The number of rotatable bonds is 8. The molecular weight excluding hydrogens is 365 g/mol. The molecule has 0 bridgehead atoms. The number of carboxylic acid groups (broad SMARTS) is 1. The van der Waals surface area contributed by atoms with Crippen LogP contribution < -0.4 is 4.74 Å². The Bertz CT molecular complexity index is 650. The van der Waals surface area contributed by atoms with E-state index in [2.05, 4.69) is 0 Å². The molecule has 152 valence electrons. The lowest BCUT2D eigenvalue weighted by Crippen LogP contribution is -2.45. The molecule has 0 aliphatic rings. The molecule has 1 N–H and O–H groups in total. The molecule has 1 aromatic carbocycles. The second-order valence-corrected chi connectivity index (χ2v) is 7.21. The SMILES string of the molecule is CCC(C)(C)Oc1ccc(C(=O)OC(C(C)C)C(C(=O)O)C(F)(F)F)cc1. The lowest BCUT2D eigenvalue weighted by molar-refractivity contribution is -0.215. The summed E-state index contributed by atoms with van der Waals surface area (Å²) in [5.74, 6) is -6.25. The van der Waals surface area contributed by atoms with Gasteiger partial charge in [-0.05, 0) is 50.5 Å². The van der Waals surface area contributed by atoms with E-state index in [9.17, 15) is 22.8 Å². The number of hydrogen-bond acceptors (Lipinski definition) is 4.